The Hall–Kier alpha value is -1.03. The minimum Gasteiger partial charge on any atom is -0.513 e. The molecule has 9 heavy (non-hydrogen) atoms. The number of carbonyl (C=O) groups is 1. The quantitative estimate of drug-likeness (QED) is 0.296. The molecule has 0 fully saturated rings. The van der Waals surface area contributed by atoms with Gasteiger partial charge in [-0.05, 0) is 6.92 Å². The normalized spacial score (nSPS) is 6.56. The van der Waals surface area contributed by atoms with Gasteiger partial charge < -0.3 is 9.99 Å². The first-order valence-corrected chi connectivity index (χ1v) is 2.17. The van der Waals surface area contributed by atoms with Gasteiger partial charge in [0.2, 0.25) is 0 Å². The molecule has 0 saturated heterocycles. The number of rotatable bonds is 0. The van der Waals surface area contributed by atoms with Crippen LogP contribution >= 0.6 is 0 Å². The summed E-state index contributed by atoms with van der Waals surface area (Å²) >= 11 is 0. The average molecular weight is 134 g/mol. The molecule has 0 unspecified atom stereocenters. The van der Waals surface area contributed by atoms with Crippen LogP contribution in [-0.4, -0.2) is 16.3 Å². The SMILES string of the molecule is C=C(C)O.CC(=O)OO. The molecule has 0 spiro atoms. The van der Waals surface area contributed by atoms with Crippen LogP contribution in [0.15, 0.2) is 12.3 Å². The Labute approximate surface area is 53.3 Å². The number of carbonyl (C=O) groups excluding carboxylic acids is 1. The second-order valence-electron chi connectivity index (χ2n) is 1.32. The van der Waals surface area contributed by atoms with Crippen molar-refractivity contribution in [3.63, 3.8) is 0 Å². The first-order chi connectivity index (χ1) is 4.00. The zero-order valence-corrected chi connectivity index (χ0v) is 5.42. The van der Waals surface area contributed by atoms with Gasteiger partial charge in [0, 0.05) is 6.92 Å². The van der Waals surface area contributed by atoms with Gasteiger partial charge in [0.05, 0.1) is 5.76 Å². The third-order valence-corrected chi connectivity index (χ3v) is 0.129. The van der Waals surface area contributed by atoms with Crippen LogP contribution in [-0.2, 0) is 9.68 Å². The topological polar surface area (TPSA) is 66.8 Å². The molecule has 4 nitrogen and oxygen atoms in total. The second-order valence-corrected chi connectivity index (χ2v) is 1.32. The fourth-order valence-electron chi connectivity index (χ4n) is 0. The number of aliphatic hydroxyl groups excluding tert-OH is 1. The summed E-state index contributed by atoms with van der Waals surface area (Å²) in [4.78, 5) is 12.5. The molecule has 0 aliphatic carbocycles. The zero-order valence-electron chi connectivity index (χ0n) is 5.42. The lowest BCUT2D eigenvalue weighted by molar-refractivity contribution is -0.231. The smallest absolute Gasteiger partial charge is 0.339 e. The lowest BCUT2D eigenvalue weighted by Crippen LogP contribution is -1.89. The molecular formula is C5H10O4. The Kier molecular flexibility index (Phi) is 8.41. The Morgan fingerprint density at radius 1 is 1.56 bits per heavy atom. The van der Waals surface area contributed by atoms with Crippen LogP contribution in [0, 0.1) is 0 Å². The maximum absolute atomic E-state index is 9.34. The van der Waals surface area contributed by atoms with E-state index in [0.717, 1.165) is 6.92 Å². The molecule has 0 aliphatic rings. The summed E-state index contributed by atoms with van der Waals surface area (Å²) < 4.78 is 0. The van der Waals surface area contributed by atoms with Crippen molar-refractivity contribution in [2.45, 2.75) is 13.8 Å². The molecule has 0 amide bonds. The number of hydrogen-bond donors (Lipinski definition) is 2. The maximum Gasteiger partial charge on any atom is 0.339 e. The highest BCUT2D eigenvalue weighted by atomic mass is 17.1. The van der Waals surface area contributed by atoms with Gasteiger partial charge >= 0.3 is 5.97 Å². The number of hydrogen-bond acceptors (Lipinski definition) is 4. The van der Waals surface area contributed by atoms with Crippen molar-refractivity contribution >= 4 is 5.97 Å². The largest absolute Gasteiger partial charge is 0.513 e. The van der Waals surface area contributed by atoms with E-state index in [1.807, 2.05) is 0 Å². The molecule has 0 rings (SSSR count). The molecule has 0 aromatic carbocycles. The Morgan fingerprint density at radius 2 is 1.67 bits per heavy atom. The van der Waals surface area contributed by atoms with Crippen LogP contribution in [0.25, 0.3) is 0 Å². The molecule has 0 heterocycles. The molecule has 0 atom stereocenters. The van der Waals surface area contributed by atoms with Crippen LogP contribution in [0.2, 0.25) is 0 Å². The van der Waals surface area contributed by atoms with E-state index in [-0.39, 0.29) is 5.76 Å². The average Bonchev–Trinajstić information content (AvgIpc) is 1.65. The lowest BCUT2D eigenvalue weighted by atomic mass is 10.7. The van der Waals surface area contributed by atoms with Crippen molar-refractivity contribution in [2.24, 2.45) is 0 Å². The highest BCUT2D eigenvalue weighted by Gasteiger charge is 1.79. The zero-order chi connectivity index (χ0) is 7.86. The molecule has 0 aromatic heterocycles. The highest BCUT2D eigenvalue weighted by Crippen LogP contribution is 1.66. The lowest BCUT2D eigenvalue weighted by Gasteiger charge is -1.76. The van der Waals surface area contributed by atoms with Gasteiger partial charge in [-0.25, -0.2) is 4.79 Å². The van der Waals surface area contributed by atoms with E-state index in [1.54, 1.807) is 0 Å². The second kappa shape index (κ2) is 6.97. The first-order valence-electron chi connectivity index (χ1n) is 2.17. The van der Waals surface area contributed by atoms with Gasteiger partial charge in [-0.2, -0.15) is 5.26 Å². The minimum atomic E-state index is -0.690. The van der Waals surface area contributed by atoms with Crippen LogP contribution < -0.4 is 0 Å². The monoisotopic (exact) mass is 134 g/mol. The molecule has 54 valence electrons. The molecule has 0 bridgehead atoms. The summed E-state index contributed by atoms with van der Waals surface area (Å²) in [5, 5.41) is 15.2. The van der Waals surface area contributed by atoms with Gasteiger partial charge in [0.15, 0.2) is 0 Å². The highest BCUT2D eigenvalue weighted by molar-refractivity contribution is 5.64. The van der Waals surface area contributed by atoms with E-state index in [0.29, 0.717) is 0 Å². The number of allylic oxidation sites excluding steroid dienone is 1. The summed E-state index contributed by atoms with van der Waals surface area (Å²) in [6.07, 6.45) is 0. The van der Waals surface area contributed by atoms with Crippen molar-refractivity contribution in [3.8, 4) is 0 Å². The maximum atomic E-state index is 9.34. The Bertz CT molecular complexity index is 93.1. The van der Waals surface area contributed by atoms with E-state index >= 15 is 0 Å². The van der Waals surface area contributed by atoms with Crippen molar-refractivity contribution in [2.75, 3.05) is 0 Å². The minimum absolute atomic E-state index is 0.167. The fourth-order valence-corrected chi connectivity index (χ4v) is 0. The van der Waals surface area contributed by atoms with Crippen LogP contribution in [0.5, 0.6) is 0 Å². The molecule has 2 N–H and O–H groups in total. The molecule has 0 aliphatic heterocycles. The summed E-state index contributed by atoms with van der Waals surface area (Å²) in [5.41, 5.74) is 0. The van der Waals surface area contributed by atoms with Crippen LogP contribution in [0.3, 0.4) is 0 Å². The van der Waals surface area contributed by atoms with Crippen molar-refractivity contribution in [3.05, 3.63) is 12.3 Å². The van der Waals surface area contributed by atoms with E-state index in [4.69, 9.17) is 10.4 Å². The number of aliphatic hydroxyl groups is 1. The van der Waals surface area contributed by atoms with Crippen LogP contribution in [0.1, 0.15) is 13.8 Å². The summed E-state index contributed by atoms with van der Waals surface area (Å²) in [6.45, 7) is 5.75. The molecular weight excluding hydrogens is 124 g/mol. The van der Waals surface area contributed by atoms with E-state index in [1.165, 1.54) is 6.92 Å². The van der Waals surface area contributed by atoms with E-state index in [2.05, 4.69) is 11.5 Å². The molecule has 0 aromatic rings. The Balaban J connectivity index is 0. The molecule has 4 heteroatoms. The van der Waals surface area contributed by atoms with Crippen molar-refractivity contribution < 1.29 is 20.0 Å². The summed E-state index contributed by atoms with van der Waals surface area (Å²) in [6, 6.07) is 0. The van der Waals surface area contributed by atoms with E-state index in [9.17, 15) is 4.79 Å². The summed E-state index contributed by atoms with van der Waals surface area (Å²) in [7, 11) is 0. The van der Waals surface area contributed by atoms with Crippen molar-refractivity contribution in [1.29, 1.82) is 0 Å². The standard InChI is InChI=1S/C3H6O.C2H4O3/c1-3(2)4;1-2(3)5-4/h4H,1H2,2H3;4H,1H3. The van der Waals surface area contributed by atoms with Gasteiger partial charge in [-0.1, -0.05) is 6.58 Å². The first kappa shape index (κ1) is 10.9. The van der Waals surface area contributed by atoms with E-state index < -0.39 is 5.97 Å². The van der Waals surface area contributed by atoms with Gasteiger partial charge in [-0.3, -0.25) is 0 Å². The molecule has 0 radical (unpaired) electrons. The third-order valence-electron chi connectivity index (χ3n) is 0.129. The fraction of sp³-hybridized carbons (Fsp3) is 0.400. The molecule has 0 saturated carbocycles. The van der Waals surface area contributed by atoms with Gasteiger partial charge in [-0.15, -0.1) is 0 Å². The van der Waals surface area contributed by atoms with Crippen LogP contribution in [0.4, 0.5) is 0 Å². The van der Waals surface area contributed by atoms with Gasteiger partial charge in [0.25, 0.3) is 0 Å². The van der Waals surface area contributed by atoms with Crippen molar-refractivity contribution in [1.82, 2.24) is 0 Å². The predicted molar refractivity (Wildman–Crippen MR) is 31.8 cm³/mol. The predicted octanol–water partition coefficient (Wildman–Crippen LogP) is 1.10. The Morgan fingerprint density at radius 3 is 1.67 bits per heavy atom. The third kappa shape index (κ3) is 183. The van der Waals surface area contributed by atoms with Gasteiger partial charge in [0.1, 0.15) is 0 Å². The summed E-state index contributed by atoms with van der Waals surface area (Å²) in [5.74, 6) is -0.523.